The molecule has 2 rings (SSSR count). The summed E-state index contributed by atoms with van der Waals surface area (Å²) in [6, 6.07) is 1.90. The molecule has 0 aromatic carbocycles. The molecule has 1 N–H and O–H groups in total. The smallest absolute Gasteiger partial charge is 0.246 e. The number of hydrogen-bond acceptors (Lipinski definition) is 2. The molecule has 1 aliphatic rings. The van der Waals surface area contributed by atoms with E-state index in [9.17, 15) is 9.90 Å². The maximum absolute atomic E-state index is 11.2. The van der Waals surface area contributed by atoms with Crippen molar-refractivity contribution in [3.8, 4) is 5.88 Å². The Morgan fingerprint density at radius 2 is 2.00 bits per heavy atom. The van der Waals surface area contributed by atoms with E-state index in [1.54, 1.807) is 0 Å². The van der Waals surface area contributed by atoms with Gasteiger partial charge in [-0.05, 0) is 40.2 Å². The van der Waals surface area contributed by atoms with E-state index < -0.39 is 0 Å². The molecule has 4 heteroatoms. The van der Waals surface area contributed by atoms with Crippen LogP contribution in [0.2, 0.25) is 0 Å². The number of nitrogens with zero attached hydrogens (tertiary/aromatic N) is 2. The Morgan fingerprint density at radius 1 is 1.35 bits per heavy atom. The molecule has 1 aliphatic heterocycles. The van der Waals surface area contributed by atoms with Crippen molar-refractivity contribution in [3.63, 3.8) is 0 Å². The van der Waals surface area contributed by atoms with Gasteiger partial charge >= 0.3 is 0 Å². The van der Waals surface area contributed by atoms with Crippen LogP contribution < -0.4 is 0 Å². The summed E-state index contributed by atoms with van der Waals surface area (Å²) in [5.41, 5.74) is 2.20. The van der Waals surface area contributed by atoms with Crippen molar-refractivity contribution in [3.05, 3.63) is 17.3 Å². The molecule has 92 valence electrons. The second-order valence-corrected chi connectivity index (χ2v) is 5.48. The first kappa shape index (κ1) is 11.9. The van der Waals surface area contributed by atoms with Crippen LogP contribution in [0.15, 0.2) is 11.1 Å². The molecule has 0 saturated heterocycles. The molecule has 1 aromatic rings. The lowest BCUT2D eigenvalue weighted by atomic mass is 10.1. The molecule has 1 aromatic heterocycles. The number of aryl methyl sites for hydroxylation is 1. The molecular weight excluding hydrogens is 216 g/mol. The van der Waals surface area contributed by atoms with Gasteiger partial charge in [-0.25, -0.2) is 4.99 Å². The largest absolute Gasteiger partial charge is 0.494 e. The van der Waals surface area contributed by atoms with Crippen LogP contribution in [0.25, 0.3) is 0 Å². The number of amides is 1. The summed E-state index contributed by atoms with van der Waals surface area (Å²) in [4.78, 5) is 15.1. The Bertz CT molecular complexity index is 504. The van der Waals surface area contributed by atoms with E-state index in [0.717, 1.165) is 5.69 Å². The Balaban J connectivity index is 2.52. The van der Waals surface area contributed by atoms with Crippen LogP contribution in [0, 0.1) is 6.92 Å². The van der Waals surface area contributed by atoms with Crippen molar-refractivity contribution in [2.75, 3.05) is 0 Å². The molecule has 0 saturated carbocycles. The molecule has 0 spiro atoms. The Labute approximate surface area is 101 Å². The van der Waals surface area contributed by atoms with Crippen molar-refractivity contribution < 1.29 is 9.90 Å². The maximum Gasteiger partial charge on any atom is 0.246 e. The number of aromatic hydroxyl groups is 1. The Kier molecular flexibility index (Phi) is 2.60. The monoisotopic (exact) mass is 234 g/mol. The highest BCUT2D eigenvalue weighted by atomic mass is 16.3. The van der Waals surface area contributed by atoms with Crippen LogP contribution >= 0.6 is 0 Å². The van der Waals surface area contributed by atoms with Gasteiger partial charge in [0.2, 0.25) is 11.8 Å². The number of carbonyl (C=O) groups is 1. The fraction of sp³-hybridized carbons (Fsp3) is 0.538. The van der Waals surface area contributed by atoms with E-state index in [4.69, 9.17) is 0 Å². The Morgan fingerprint density at radius 3 is 2.41 bits per heavy atom. The third-order valence-electron chi connectivity index (χ3n) is 2.98. The van der Waals surface area contributed by atoms with Gasteiger partial charge in [0.25, 0.3) is 0 Å². The highest BCUT2D eigenvalue weighted by Gasteiger charge is 2.26. The van der Waals surface area contributed by atoms with Crippen molar-refractivity contribution in [1.82, 2.24) is 4.57 Å². The normalized spacial score (nSPS) is 16.5. The Hall–Kier alpha value is -1.58. The van der Waals surface area contributed by atoms with Crippen LogP contribution in [0.5, 0.6) is 5.88 Å². The first-order valence-corrected chi connectivity index (χ1v) is 5.83. The number of rotatable bonds is 1. The van der Waals surface area contributed by atoms with Crippen LogP contribution in [-0.2, 0) is 10.3 Å². The second kappa shape index (κ2) is 3.72. The summed E-state index contributed by atoms with van der Waals surface area (Å²) in [5.74, 6) is 0.115. The van der Waals surface area contributed by atoms with Gasteiger partial charge in [-0.1, -0.05) is 0 Å². The van der Waals surface area contributed by atoms with Gasteiger partial charge in [-0.3, -0.25) is 4.79 Å². The van der Waals surface area contributed by atoms with Crippen LogP contribution in [0.4, 0.5) is 0 Å². The highest BCUT2D eigenvalue weighted by Crippen LogP contribution is 2.32. The van der Waals surface area contributed by atoms with Crippen molar-refractivity contribution >= 4 is 11.6 Å². The summed E-state index contributed by atoms with van der Waals surface area (Å²) in [5, 5.41) is 10.3. The minimum atomic E-state index is -0.185. The zero-order chi connectivity index (χ0) is 12.8. The van der Waals surface area contributed by atoms with Gasteiger partial charge < -0.3 is 9.67 Å². The standard InChI is InChI=1S/C13H18N2O2/c1-8-7-9(10-5-6-11(16)14-10)12(17)15(8)13(2,3)4/h7,17H,5-6H2,1-4H3. The quantitative estimate of drug-likeness (QED) is 0.811. The third-order valence-corrected chi connectivity index (χ3v) is 2.98. The fourth-order valence-electron chi connectivity index (χ4n) is 2.37. The number of hydrogen-bond donors (Lipinski definition) is 1. The van der Waals surface area contributed by atoms with Gasteiger partial charge in [0.1, 0.15) is 0 Å². The molecule has 2 heterocycles. The molecular formula is C13H18N2O2. The number of aliphatic imine (C=N–C) groups is 1. The van der Waals surface area contributed by atoms with Crippen LogP contribution in [0.3, 0.4) is 0 Å². The SMILES string of the molecule is Cc1cc(C2=NC(=O)CC2)c(O)n1C(C)(C)C. The molecule has 0 radical (unpaired) electrons. The predicted molar refractivity (Wildman–Crippen MR) is 66.6 cm³/mol. The van der Waals surface area contributed by atoms with E-state index in [1.165, 1.54) is 0 Å². The number of aromatic nitrogens is 1. The molecule has 0 unspecified atom stereocenters. The number of carbonyl (C=O) groups excluding carboxylic acids is 1. The predicted octanol–water partition coefficient (Wildman–Crippen LogP) is 2.37. The summed E-state index contributed by atoms with van der Waals surface area (Å²) in [6.45, 7) is 8.05. The van der Waals surface area contributed by atoms with Gasteiger partial charge in [-0.15, -0.1) is 0 Å². The van der Waals surface area contributed by atoms with Gasteiger partial charge in [0.15, 0.2) is 0 Å². The van der Waals surface area contributed by atoms with Gasteiger partial charge in [-0.2, -0.15) is 0 Å². The molecule has 0 aliphatic carbocycles. The average Bonchev–Trinajstić information content (AvgIpc) is 2.69. The van der Waals surface area contributed by atoms with Crippen molar-refractivity contribution in [2.24, 2.45) is 4.99 Å². The van der Waals surface area contributed by atoms with E-state index in [2.05, 4.69) is 4.99 Å². The first-order chi connectivity index (χ1) is 7.80. The van der Waals surface area contributed by atoms with Crippen molar-refractivity contribution in [1.29, 1.82) is 0 Å². The summed E-state index contributed by atoms with van der Waals surface area (Å²) < 4.78 is 1.87. The molecule has 0 atom stereocenters. The zero-order valence-corrected chi connectivity index (χ0v) is 10.7. The van der Waals surface area contributed by atoms with Gasteiger partial charge in [0, 0.05) is 17.7 Å². The molecule has 4 nitrogen and oxygen atoms in total. The van der Waals surface area contributed by atoms with Crippen LogP contribution in [-0.4, -0.2) is 21.3 Å². The minimum Gasteiger partial charge on any atom is -0.494 e. The molecule has 0 fully saturated rings. The lowest BCUT2D eigenvalue weighted by Crippen LogP contribution is -2.22. The topological polar surface area (TPSA) is 54.6 Å². The van der Waals surface area contributed by atoms with Gasteiger partial charge in [0.05, 0.1) is 11.3 Å². The summed E-state index contributed by atoms with van der Waals surface area (Å²) in [7, 11) is 0. The molecule has 17 heavy (non-hydrogen) atoms. The second-order valence-electron chi connectivity index (χ2n) is 5.48. The lowest BCUT2D eigenvalue weighted by Gasteiger charge is -2.24. The van der Waals surface area contributed by atoms with E-state index in [1.807, 2.05) is 38.3 Å². The van der Waals surface area contributed by atoms with E-state index >= 15 is 0 Å². The zero-order valence-electron chi connectivity index (χ0n) is 10.7. The fourth-order valence-corrected chi connectivity index (χ4v) is 2.37. The average molecular weight is 234 g/mol. The van der Waals surface area contributed by atoms with E-state index in [0.29, 0.717) is 24.1 Å². The highest BCUT2D eigenvalue weighted by molar-refractivity contribution is 6.12. The summed E-state index contributed by atoms with van der Waals surface area (Å²) >= 11 is 0. The molecule has 1 amide bonds. The van der Waals surface area contributed by atoms with E-state index in [-0.39, 0.29) is 17.3 Å². The first-order valence-electron chi connectivity index (χ1n) is 5.83. The maximum atomic E-state index is 11.2. The minimum absolute atomic E-state index is 0.0967. The van der Waals surface area contributed by atoms with Crippen molar-refractivity contribution in [2.45, 2.75) is 46.1 Å². The van der Waals surface area contributed by atoms with Crippen LogP contribution in [0.1, 0.15) is 44.9 Å². The summed E-state index contributed by atoms with van der Waals surface area (Å²) in [6.07, 6.45) is 1.08. The lowest BCUT2D eigenvalue weighted by molar-refractivity contribution is -0.117. The molecule has 0 bridgehead atoms. The third kappa shape index (κ3) is 1.99.